The smallest absolute Gasteiger partial charge is 0.216 e. The Balaban J connectivity index is 2.02. The average molecular weight is 372 g/mol. The Labute approximate surface area is 154 Å². The van der Waals surface area contributed by atoms with Gasteiger partial charge >= 0.3 is 0 Å². The summed E-state index contributed by atoms with van der Waals surface area (Å²) in [4.78, 5) is 0. The molecule has 0 spiro atoms. The van der Waals surface area contributed by atoms with Crippen molar-refractivity contribution < 1.29 is 19.7 Å². The molecule has 2 aromatic carbocycles. The lowest BCUT2D eigenvalue weighted by atomic mass is 10.2. The van der Waals surface area contributed by atoms with Gasteiger partial charge in [-0.25, -0.2) is 5.10 Å². The molecule has 0 saturated carbocycles. The molecule has 9 heteroatoms. The Bertz CT molecular complexity index is 1030. The van der Waals surface area contributed by atoms with Crippen molar-refractivity contribution in [1.82, 2.24) is 14.9 Å². The van der Waals surface area contributed by atoms with Gasteiger partial charge in [0.05, 0.1) is 20.4 Å². The third-order valence-corrected chi connectivity index (χ3v) is 3.88. The van der Waals surface area contributed by atoms with Crippen molar-refractivity contribution in [2.45, 2.75) is 0 Å². The van der Waals surface area contributed by atoms with Gasteiger partial charge in [-0.15, -0.1) is 0 Å². The van der Waals surface area contributed by atoms with E-state index in [-0.39, 0.29) is 16.3 Å². The molecule has 26 heavy (non-hydrogen) atoms. The quantitative estimate of drug-likeness (QED) is 0.470. The zero-order chi connectivity index (χ0) is 18.7. The second kappa shape index (κ2) is 7.28. The normalized spacial score (nSPS) is 11.0. The molecule has 0 unspecified atom stereocenters. The molecule has 134 valence electrons. The van der Waals surface area contributed by atoms with Crippen molar-refractivity contribution in [3.05, 3.63) is 46.7 Å². The van der Waals surface area contributed by atoms with Crippen LogP contribution in [0.3, 0.4) is 0 Å². The summed E-state index contributed by atoms with van der Waals surface area (Å²) in [6.45, 7) is 0. The van der Waals surface area contributed by atoms with Gasteiger partial charge in [-0.05, 0) is 42.5 Å². The molecule has 0 amide bonds. The van der Waals surface area contributed by atoms with Crippen molar-refractivity contribution in [3.8, 4) is 34.4 Å². The molecule has 3 aromatic rings. The van der Waals surface area contributed by atoms with Crippen LogP contribution in [0.2, 0.25) is 0 Å². The monoisotopic (exact) mass is 372 g/mol. The number of phenols is 2. The zero-order valence-electron chi connectivity index (χ0n) is 14.0. The van der Waals surface area contributed by atoms with Gasteiger partial charge in [0, 0.05) is 17.2 Å². The van der Waals surface area contributed by atoms with Crippen molar-refractivity contribution >= 4 is 18.4 Å². The van der Waals surface area contributed by atoms with E-state index in [2.05, 4.69) is 15.3 Å². The fourth-order valence-corrected chi connectivity index (χ4v) is 2.50. The Hall–Kier alpha value is -3.33. The van der Waals surface area contributed by atoms with E-state index in [1.54, 1.807) is 32.4 Å². The molecule has 0 aliphatic heterocycles. The van der Waals surface area contributed by atoms with Crippen LogP contribution >= 0.6 is 12.2 Å². The highest BCUT2D eigenvalue weighted by atomic mass is 32.1. The molecule has 0 radical (unpaired) electrons. The number of aromatic amines is 1. The summed E-state index contributed by atoms with van der Waals surface area (Å²) < 4.78 is 12.2. The van der Waals surface area contributed by atoms with Crippen LogP contribution in [0, 0.1) is 4.77 Å². The molecule has 0 aliphatic carbocycles. The highest BCUT2D eigenvalue weighted by Gasteiger charge is 2.12. The summed E-state index contributed by atoms with van der Waals surface area (Å²) in [6, 6.07) is 9.53. The van der Waals surface area contributed by atoms with Crippen LogP contribution in [0.5, 0.6) is 23.0 Å². The summed E-state index contributed by atoms with van der Waals surface area (Å²) in [5.41, 5.74) is 1.13. The number of rotatable bonds is 5. The molecule has 0 fully saturated rings. The first-order valence-electron chi connectivity index (χ1n) is 7.49. The first-order chi connectivity index (χ1) is 12.5. The largest absolute Gasteiger partial charge is 0.508 e. The third-order valence-electron chi connectivity index (χ3n) is 3.62. The predicted molar refractivity (Wildman–Crippen MR) is 98.7 cm³/mol. The van der Waals surface area contributed by atoms with E-state index in [9.17, 15) is 10.2 Å². The molecule has 0 aliphatic rings. The lowest BCUT2D eigenvalue weighted by Gasteiger charge is -2.09. The standard InChI is InChI=1S/C17H16N4O4S/c1-24-14-6-4-10(7-15(14)25-2)16-19-20-17(26)21(16)18-9-11-3-5-12(22)8-13(11)23/h3-9,22-23H,1-2H3,(H,20,26). The number of aromatic nitrogens is 3. The Morgan fingerprint density at radius 2 is 1.88 bits per heavy atom. The van der Waals surface area contributed by atoms with Gasteiger partial charge in [-0.2, -0.15) is 14.9 Å². The minimum Gasteiger partial charge on any atom is -0.508 e. The summed E-state index contributed by atoms with van der Waals surface area (Å²) in [5, 5.41) is 30.4. The Morgan fingerprint density at radius 3 is 2.58 bits per heavy atom. The first-order valence-corrected chi connectivity index (χ1v) is 7.90. The van der Waals surface area contributed by atoms with Gasteiger partial charge in [-0.3, -0.25) is 0 Å². The molecule has 3 N–H and O–H groups in total. The number of methoxy groups -OCH3 is 2. The van der Waals surface area contributed by atoms with E-state index < -0.39 is 0 Å². The van der Waals surface area contributed by atoms with E-state index in [0.29, 0.717) is 28.5 Å². The molecule has 1 aromatic heterocycles. The first kappa shape index (κ1) is 17.5. The number of ether oxygens (including phenoxy) is 2. The number of nitrogens with one attached hydrogen (secondary N) is 1. The number of benzene rings is 2. The minimum atomic E-state index is -0.101. The van der Waals surface area contributed by atoms with Gasteiger partial charge in [0.25, 0.3) is 0 Å². The van der Waals surface area contributed by atoms with Crippen LogP contribution in [0.4, 0.5) is 0 Å². The number of H-pyrrole nitrogens is 1. The van der Waals surface area contributed by atoms with Crippen molar-refractivity contribution in [1.29, 1.82) is 0 Å². The van der Waals surface area contributed by atoms with E-state index in [1.807, 2.05) is 0 Å². The van der Waals surface area contributed by atoms with Crippen LogP contribution in [0.25, 0.3) is 11.4 Å². The fraction of sp³-hybridized carbons (Fsp3) is 0.118. The highest BCUT2D eigenvalue weighted by molar-refractivity contribution is 7.71. The lowest BCUT2D eigenvalue weighted by molar-refractivity contribution is 0.355. The number of hydrogen-bond donors (Lipinski definition) is 3. The van der Waals surface area contributed by atoms with Gasteiger partial charge in [-0.1, -0.05) is 0 Å². The number of aromatic hydroxyl groups is 2. The maximum absolute atomic E-state index is 9.86. The molecule has 8 nitrogen and oxygen atoms in total. The average Bonchev–Trinajstić information content (AvgIpc) is 3.01. The Morgan fingerprint density at radius 1 is 1.12 bits per heavy atom. The summed E-state index contributed by atoms with van der Waals surface area (Å²) in [5.74, 6) is 1.47. The van der Waals surface area contributed by atoms with Gasteiger partial charge in [0.2, 0.25) is 4.77 Å². The van der Waals surface area contributed by atoms with E-state index in [4.69, 9.17) is 21.7 Å². The summed E-state index contributed by atoms with van der Waals surface area (Å²) in [7, 11) is 3.10. The summed E-state index contributed by atoms with van der Waals surface area (Å²) >= 11 is 5.22. The molecular weight excluding hydrogens is 356 g/mol. The van der Waals surface area contributed by atoms with Crippen LogP contribution in [0.15, 0.2) is 41.5 Å². The second-order valence-electron chi connectivity index (χ2n) is 5.22. The second-order valence-corrected chi connectivity index (χ2v) is 5.61. The number of nitrogens with zero attached hydrogens (tertiary/aromatic N) is 3. The topological polar surface area (TPSA) is 105 Å². The van der Waals surface area contributed by atoms with Crippen LogP contribution in [-0.2, 0) is 0 Å². The fourth-order valence-electron chi connectivity index (χ4n) is 2.32. The van der Waals surface area contributed by atoms with Gasteiger partial charge in [0.15, 0.2) is 17.3 Å². The predicted octanol–water partition coefficient (Wildman–Crippen LogP) is 2.92. The third kappa shape index (κ3) is 3.38. The molecule has 0 saturated heterocycles. The molecule has 3 rings (SSSR count). The Kier molecular flexibility index (Phi) is 4.90. The number of phenolic OH excluding ortho intramolecular Hbond substituents is 2. The zero-order valence-corrected chi connectivity index (χ0v) is 14.8. The number of hydrogen-bond acceptors (Lipinski definition) is 7. The van der Waals surface area contributed by atoms with E-state index >= 15 is 0 Å². The van der Waals surface area contributed by atoms with Crippen molar-refractivity contribution in [3.63, 3.8) is 0 Å². The maximum Gasteiger partial charge on any atom is 0.216 e. The molecule has 0 atom stereocenters. The summed E-state index contributed by atoms with van der Waals surface area (Å²) in [6.07, 6.45) is 1.42. The van der Waals surface area contributed by atoms with Gasteiger partial charge in [0.1, 0.15) is 11.5 Å². The van der Waals surface area contributed by atoms with E-state index in [1.165, 1.54) is 29.1 Å². The highest BCUT2D eigenvalue weighted by Crippen LogP contribution is 2.31. The minimum absolute atomic E-state index is 0.0365. The lowest BCUT2D eigenvalue weighted by Crippen LogP contribution is -1.97. The van der Waals surface area contributed by atoms with Crippen molar-refractivity contribution in [2.24, 2.45) is 5.10 Å². The van der Waals surface area contributed by atoms with E-state index in [0.717, 1.165) is 0 Å². The molecule has 1 heterocycles. The SMILES string of the molecule is COc1ccc(-c2n[nH]c(=S)n2N=Cc2ccc(O)cc2O)cc1OC. The molecular formula is C17H16N4O4S. The van der Waals surface area contributed by atoms with Crippen LogP contribution in [-0.4, -0.2) is 45.5 Å². The molecule has 0 bridgehead atoms. The van der Waals surface area contributed by atoms with Crippen molar-refractivity contribution in [2.75, 3.05) is 14.2 Å². The van der Waals surface area contributed by atoms with Crippen LogP contribution < -0.4 is 9.47 Å². The maximum atomic E-state index is 9.86. The van der Waals surface area contributed by atoms with Gasteiger partial charge < -0.3 is 19.7 Å². The van der Waals surface area contributed by atoms with Crippen LogP contribution in [0.1, 0.15) is 5.56 Å².